The van der Waals surface area contributed by atoms with Crippen molar-refractivity contribution in [3.63, 3.8) is 0 Å². The van der Waals surface area contributed by atoms with Crippen LogP contribution in [0.5, 0.6) is 5.75 Å². The largest absolute Gasteiger partial charge is 0.487 e. The zero-order valence-electron chi connectivity index (χ0n) is 15.9. The van der Waals surface area contributed by atoms with Gasteiger partial charge in [-0.3, -0.25) is 4.79 Å². The quantitative estimate of drug-likeness (QED) is 0.613. The maximum atomic E-state index is 12.7. The van der Waals surface area contributed by atoms with Gasteiger partial charge in [0.05, 0.1) is 11.6 Å². The van der Waals surface area contributed by atoms with Gasteiger partial charge in [0.25, 0.3) is 5.91 Å². The van der Waals surface area contributed by atoms with E-state index in [2.05, 4.69) is 12.2 Å². The van der Waals surface area contributed by atoms with Crippen molar-refractivity contribution in [2.45, 2.75) is 58.7 Å². The van der Waals surface area contributed by atoms with Crippen LogP contribution in [0.3, 0.4) is 0 Å². The maximum Gasteiger partial charge on any atom is 0.256 e. The van der Waals surface area contributed by atoms with Crippen molar-refractivity contribution >= 4 is 23.2 Å². The number of amides is 1. The van der Waals surface area contributed by atoms with Crippen LogP contribution in [0.25, 0.3) is 0 Å². The molecule has 6 heteroatoms. The van der Waals surface area contributed by atoms with Gasteiger partial charge in [-0.1, -0.05) is 31.4 Å². The van der Waals surface area contributed by atoms with Gasteiger partial charge in [-0.2, -0.15) is 0 Å². The third-order valence-electron chi connectivity index (χ3n) is 3.87. The van der Waals surface area contributed by atoms with Gasteiger partial charge < -0.3 is 19.5 Å². The molecular weight excluding hydrogens is 342 g/mol. The lowest BCUT2D eigenvalue weighted by atomic mass is 9.97. The van der Waals surface area contributed by atoms with Gasteiger partial charge in [-0.15, -0.1) is 0 Å². The lowest BCUT2D eigenvalue weighted by molar-refractivity contribution is -0.139. The number of methoxy groups -OCH3 is 1. The smallest absolute Gasteiger partial charge is 0.256 e. The van der Waals surface area contributed by atoms with Crippen molar-refractivity contribution < 1.29 is 19.0 Å². The highest BCUT2D eigenvalue weighted by atomic mass is 35.5. The molecule has 0 aliphatic rings. The first kappa shape index (κ1) is 21.7. The van der Waals surface area contributed by atoms with Crippen LogP contribution in [0, 0.1) is 0 Å². The summed E-state index contributed by atoms with van der Waals surface area (Å²) in [5.74, 6) is 0.392. The van der Waals surface area contributed by atoms with E-state index in [0.717, 1.165) is 12.8 Å². The summed E-state index contributed by atoms with van der Waals surface area (Å²) in [5.41, 5.74) is -0.233. The molecule has 0 aromatic heterocycles. The zero-order valence-corrected chi connectivity index (χ0v) is 16.6. The number of anilines is 1. The normalized spacial score (nSPS) is 14.6. The monoisotopic (exact) mass is 371 g/mol. The molecule has 2 atom stereocenters. The van der Waals surface area contributed by atoms with Crippen LogP contribution in [0.4, 0.5) is 5.69 Å². The van der Waals surface area contributed by atoms with E-state index in [9.17, 15) is 4.79 Å². The van der Waals surface area contributed by atoms with E-state index in [0.29, 0.717) is 36.1 Å². The molecule has 1 rings (SSSR count). The van der Waals surface area contributed by atoms with Crippen LogP contribution in [0.15, 0.2) is 18.2 Å². The van der Waals surface area contributed by atoms with Gasteiger partial charge >= 0.3 is 0 Å². The molecule has 0 spiro atoms. The Kier molecular flexibility index (Phi) is 9.25. The molecular formula is C19H30ClNO4. The highest BCUT2D eigenvalue weighted by molar-refractivity contribution is 6.32. The predicted molar refractivity (Wildman–Crippen MR) is 102 cm³/mol. The Hall–Kier alpha value is -1.30. The van der Waals surface area contributed by atoms with Gasteiger partial charge in [-0.25, -0.2) is 0 Å². The summed E-state index contributed by atoms with van der Waals surface area (Å²) in [6.45, 7) is 8.66. The molecule has 0 saturated carbocycles. The van der Waals surface area contributed by atoms with E-state index in [1.165, 1.54) is 0 Å². The summed E-state index contributed by atoms with van der Waals surface area (Å²) >= 11 is 6.27. The molecule has 1 N–H and O–H groups in total. The Labute approximate surface area is 156 Å². The first-order valence-electron chi connectivity index (χ1n) is 8.76. The average molecular weight is 372 g/mol. The summed E-state index contributed by atoms with van der Waals surface area (Å²) < 4.78 is 16.5. The highest BCUT2D eigenvalue weighted by Gasteiger charge is 2.33. The number of ether oxygens (including phenoxy) is 3. The molecule has 142 valence electrons. The second-order valence-electron chi connectivity index (χ2n) is 6.25. The minimum atomic E-state index is -0.848. The number of hydrogen-bond donors (Lipinski definition) is 1. The molecule has 25 heavy (non-hydrogen) atoms. The first-order chi connectivity index (χ1) is 11.9. The number of carbonyl (C=O) groups is 1. The number of benzene rings is 1. The molecule has 0 radical (unpaired) electrons. The van der Waals surface area contributed by atoms with Crippen LogP contribution in [0.2, 0.25) is 5.02 Å². The van der Waals surface area contributed by atoms with Gasteiger partial charge in [-0.05, 0) is 45.4 Å². The first-order valence-corrected chi connectivity index (χ1v) is 9.14. The number of carbonyl (C=O) groups excluding carboxylic acids is 1. The molecule has 1 aromatic rings. The number of halogens is 1. The van der Waals surface area contributed by atoms with Crippen molar-refractivity contribution in [2.75, 3.05) is 25.6 Å². The maximum absolute atomic E-state index is 12.7. The van der Waals surface area contributed by atoms with E-state index in [1.54, 1.807) is 25.3 Å². The minimum Gasteiger partial charge on any atom is -0.487 e. The van der Waals surface area contributed by atoms with Crippen molar-refractivity contribution in [1.82, 2.24) is 0 Å². The summed E-state index contributed by atoms with van der Waals surface area (Å²) in [6, 6.07) is 5.19. The van der Waals surface area contributed by atoms with Crippen molar-refractivity contribution in [1.29, 1.82) is 0 Å². The van der Waals surface area contributed by atoms with Crippen molar-refractivity contribution in [3.8, 4) is 5.75 Å². The Morgan fingerprint density at radius 2 is 2.08 bits per heavy atom. The Morgan fingerprint density at radius 1 is 1.36 bits per heavy atom. The Morgan fingerprint density at radius 3 is 2.64 bits per heavy atom. The fourth-order valence-electron chi connectivity index (χ4n) is 2.51. The van der Waals surface area contributed by atoms with Gasteiger partial charge in [0.15, 0.2) is 0 Å². The zero-order chi connectivity index (χ0) is 18.9. The predicted octanol–water partition coefficient (Wildman–Crippen LogP) is 4.68. The van der Waals surface area contributed by atoms with Crippen LogP contribution in [-0.2, 0) is 14.3 Å². The SMILES string of the molecule is CCCC[C@](C)(OCC)C(=O)Nc1ccc(O[C@H](C)COC)c(Cl)c1. The second-order valence-corrected chi connectivity index (χ2v) is 6.66. The summed E-state index contributed by atoms with van der Waals surface area (Å²) in [6.07, 6.45) is 2.49. The standard InChI is InChI=1S/C19H30ClNO4/c1-6-8-11-19(4,24-7-2)18(22)21-15-9-10-17(16(20)12-15)25-14(3)13-23-5/h9-10,12,14H,6-8,11,13H2,1-5H3,(H,21,22)/t14-,19+/m1/s1. The lowest BCUT2D eigenvalue weighted by Crippen LogP contribution is -2.42. The van der Waals surface area contributed by atoms with Crippen molar-refractivity contribution in [3.05, 3.63) is 23.2 Å². The van der Waals surface area contributed by atoms with Crippen LogP contribution < -0.4 is 10.1 Å². The van der Waals surface area contributed by atoms with E-state index < -0.39 is 5.60 Å². The second kappa shape index (κ2) is 10.6. The average Bonchev–Trinajstić information content (AvgIpc) is 2.56. The summed E-state index contributed by atoms with van der Waals surface area (Å²) in [5, 5.41) is 3.33. The number of nitrogens with one attached hydrogen (secondary N) is 1. The van der Waals surface area contributed by atoms with Crippen molar-refractivity contribution in [2.24, 2.45) is 0 Å². The van der Waals surface area contributed by atoms with E-state index in [1.807, 2.05) is 20.8 Å². The Bertz CT molecular complexity index is 552. The van der Waals surface area contributed by atoms with Gasteiger partial charge in [0.1, 0.15) is 17.5 Å². The molecule has 0 aliphatic carbocycles. The lowest BCUT2D eigenvalue weighted by Gasteiger charge is -2.28. The molecule has 1 aromatic carbocycles. The molecule has 0 heterocycles. The molecule has 0 unspecified atom stereocenters. The number of rotatable bonds is 11. The molecule has 0 fully saturated rings. The minimum absolute atomic E-state index is 0.113. The fraction of sp³-hybridized carbons (Fsp3) is 0.632. The van der Waals surface area contributed by atoms with Crippen LogP contribution in [-0.4, -0.2) is 37.9 Å². The van der Waals surface area contributed by atoms with E-state index in [-0.39, 0.29) is 12.0 Å². The number of hydrogen-bond acceptors (Lipinski definition) is 4. The molecule has 5 nitrogen and oxygen atoms in total. The van der Waals surface area contributed by atoms with E-state index >= 15 is 0 Å². The van der Waals surface area contributed by atoms with Crippen LogP contribution in [0.1, 0.15) is 47.0 Å². The topological polar surface area (TPSA) is 56.8 Å². The number of unbranched alkanes of at least 4 members (excludes halogenated alkanes) is 1. The molecule has 1 amide bonds. The third kappa shape index (κ3) is 6.84. The highest BCUT2D eigenvalue weighted by Crippen LogP contribution is 2.29. The third-order valence-corrected chi connectivity index (χ3v) is 4.17. The fourth-order valence-corrected chi connectivity index (χ4v) is 2.73. The summed E-state index contributed by atoms with van der Waals surface area (Å²) in [4.78, 5) is 12.7. The molecule has 0 saturated heterocycles. The van der Waals surface area contributed by atoms with Gasteiger partial charge in [0, 0.05) is 19.4 Å². The van der Waals surface area contributed by atoms with Gasteiger partial charge in [0.2, 0.25) is 0 Å². The molecule has 0 aliphatic heterocycles. The Balaban J connectivity index is 2.81. The molecule has 0 bridgehead atoms. The van der Waals surface area contributed by atoms with Crippen LogP contribution >= 0.6 is 11.6 Å². The summed E-state index contributed by atoms with van der Waals surface area (Å²) in [7, 11) is 1.62. The van der Waals surface area contributed by atoms with E-state index in [4.69, 9.17) is 25.8 Å².